The molecule has 0 radical (unpaired) electrons. The average Bonchev–Trinajstić information content (AvgIpc) is 2.72. The monoisotopic (exact) mass is 293 g/mol. The van der Waals surface area contributed by atoms with Crippen LogP contribution in [0.1, 0.15) is 32.1 Å². The molecule has 1 aliphatic rings. The van der Waals surface area contributed by atoms with Crippen LogP contribution >= 0.6 is 0 Å². The Hall–Kier alpha value is -1.54. The van der Waals surface area contributed by atoms with E-state index in [9.17, 15) is 13.7 Å². The van der Waals surface area contributed by atoms with Crippen molar-refractivity contribution in [2.45, 2.75) is 42.2 Å². The molecule has 108 valence electrons. The van der Waals surface area contributed by atoms with Crippen LogP contribution in [-0.2, 0) is 9.84 Å². The van der Waals surface area contributed by atoms with Crippen LogP contribution in [0.25, 0.3) is 0 Å². The first-order chi connectivity index (χ1) is 9.61. The lowest BCUT2D eigenvalue weighted by atomic mass is 10.0. The van der Waals surface area contributed by atoms with E-state index in [0.717, 1.165) is 19.3 Å². The number of methoxy groups -OCH3 is 1. The summed E-state index contributed by atoms with van der Waals surface area (Å²) < 4.78 is 30.9. The zero-order chi connectivity index (χ0) is 14.6. The van der Waals surface area contributed by atoms with Crippen molar-refractivity contribution < 1.29 is 13.2 Å². The van der Waals surface area contributed by atoms with Crippen molar-refractivity contribution in [3.8, 4) is 11.8 Å². The van der Waals surface area contributed by atoms with Crippen LogP contribution in [0.5, 0.6) is 5.75 Å². The zero-order valence-corrected chi connectivity index (χ0v) is 12.4. The van der Waals surface area contributed by atoms with E-state index >= 15 is 0 Å². The van der Waals surface area contributed by atoms with E-state index in [1.807, 2.05) is 0 Å². The Bertz CT molecular complexity index is 604. The van der Waals surface area contributed by atoms with Crippen molar-refractivity contribution in [3.63, 3.8) is 0 Å². The molecule has 2 rings (SSSR count). The van der Waals surface area contributed by atoms with Crippen LogP contribution in [0, 0.1) is 17.2 Å². The Balaban J connectivity index is 2.45. The Morgan fingerprint density at radius 2 is 1.90 bits per heavy atom. The molecule has 1 fully saturated rings. The van der Waals surface area contributed by atoms with Gasteiger partial charge < -0.3 is 4.74 Å². The summed E-state index contributed by atoms with van der Waals surface area (Å²) in [6, 6.07) is 8.82. The molecule has 0 bridgehead atoms. The van der Waals surface area contributed by atoms with Crippen LogP contribution in [0.4, 0.5) is 0 Å². The topological polar surface area (TPSA) is 67.2 Å². The Labute approximate surface area is 120 Å². The zero-order valence-electron chi connectivity index (χ0n) is 11.6. The maximum Gasteiger partial charge on any atom is 0.186 e. The normalized spacial score (nSPS) is 23.6. The van der Waals surface area contributed by atoms with Crippen molar-refractivity contribution in [1.82, 2.24) is 0 Å². The van der Waals surface area contributed by atoms with Crippen LogP contribution in [0.3, 0.4) is 0 Å². The molecule has 1 aromatic carbocycles. The Kier molecular flexibility index (Phi) is 4.66. The van der Waals surface area contributed by atoms with E-state index < -0.39 is 21.0 Å². The smallest absolute Gasteiger partial charge is 0.186 e. The molecule has 5 heteroatoms. The largest absolute Gasteiger partial charge is 0.495 e. The lowest BCUT2D eigenvalue weighted by Crippen LogP contribution is -2.28. The average molecular weight is 293 g/mol. The minimum Gasteiger partial charge on any atom is -0.495 e. The second kappa shape index (κ2) is 6.27. The van der Waals surface area contributed by atoms with Crippen molar-refractivity contribution in [2.75, 3.05) is 7.11 Å². The highest BCUT2D eigenvalue weighted by Gasteiger charge is 2.37. The summed E-state index contributed by atoms with van der Waals surface area (Å²) in [5.74, 6) is -0.0687. The summed E-state index contributed by atoms with van der Waals surface area (Å²) in [6.07, 6.45) is 4.00. The molecule has 0 spiro atoms. The predicted octanol–water partition coefficient (Wildman–Crippen LogP) is 2.94. The van der Waals surface area contributed by atoms with E-state index in [0.29, 0.717) is 18.6 Å². The Morgan fingerprint density at radius 1 is 1.20 bits per heavy atom. The standard InChI is InChI=1S/C15H19NO3S/c1-19-13-8-5-6-10-15(13)20(17,18)14-9-4-2-3-7-12(14)11-16/h5-6,8,10,12,14H,2-4,7,9H2,1H3. The number of hydrogen-bond acceptors (Lipinski definition) is 4. The minimum atomic E-state index is -3.54. The van der Waals surface area contributed by atoms with Gasteiger partial charge in [-0.05, 0) is 25.0 Å². The number of nitrogens with zero attached hydrogens (tertiary/aromatic N) is 1. The van der Waals surface area contributed by atoms with Gasteiger partial charge in [-0.25, -0.2) is 8.42 Å². The summed E-state index contributed by atoms with van der Waals surface area (Å²) in [4.78, 5) is 0.203. The lowest BCUT2D eigenvalue weighted by Gasteiger charge is -2.21. The summed E-state index contributed by atoms with van der Waals surface area (Å²) >= 11 is 0. The molecule has 0 saturated heterocycles. The predicted molar refractivity (Wildman–Crippen MR) is 76.2 cm³/mol. The van der Waals surface area contributed by atoms with Crippen molar-refractivity contribution >= 4 is 9.84 Å². The fourth-order valence-electron chi connectivity index (χ4n) is 2.81. The quantitative estimate of drug-likeness (QED) is 0.804. The number of rotatable bonds is 3. The number of benzene rings is 1. The van der Waals surface area contributed by atoms with Gasteiger partial charge in [0.05, 0.1) is 24.3 Å². The van der Waals surface area contributed by atoms with Crippen LogP contribution in [-0.4, -0.2) is 20.8 Å². The molecule has 0 aliphatic heterocycles. The van der Waals surface area contributed by atoms with E-state index in [2.05, 4.69) is 6.07 Å². The van der Waals surface area contributed by atoms with Crippen molar-refractivity contribution in [1.29, 1.82) is 5.26 Å². The van der Waals surface area contributed by atoms with Gasteiger partial charge in [0.15, 0.2) is 9.84 Å². The molecule has 0 heterocycles. The van der Waals surface area contributed by atoms with Gasteiger partial charge in [-0.3, -0.25) is 0 Å². The molecule has 1 aromatic rings. The van der Waals surface area contributed by atoms with Gasteiger partial charge >= 0.3 is 0 Å². The number of hydrogen-bond donors (Lipinski definition) is 0. The molecule has 2 unspecified atom stereocenters. The van der Waals surface area contributed by atoms with E-state index in [1.54, 1.807) is 24.3 Å². The summed E-state index contributed by atoms with van der Waals surface area (Å²) in [7, 11) is -2.08. The molecule has 2 atom stereocenters. The highest BCUT2D eigenvalue weighted by molar-refractivity contribution is 7.92. The van der Waals surface area contributed by atoms with Gasteiger partial charge in [0.25, 0.3) is 0 Å². The number of nitriles is 1. The number of para-hydroxylation sites is 1. The molecule has 1 aliphatic carbocycles. The fraction of sp³-hybridized carbons (Fsp3) is 0.533. The molecule has 4 nitrogen and oxygen atoms in total. The van der Waals surface area contributed by atoms with Gasteiger partial charge in [-0.15, -0.1) is 0 Å². The van der Waals surface area contributed by atoms with Crippen molar-refractivity contribution in [2.24, 2.45) is 5.92 Å². The third-order valence-corrected chi connectivity index (χ3v) is 6.20. The molecule has 0 aromatic heterocycles. The van der Waals surface area contributed by atoms with E-state index in [1.165, 1.54) is 7.11 Å². The third kappa shape index (κ3) is 2.80. The third-order valence-electron chi connectivity index (χ3n) is 3.89. The highest BCUT2D eigenvalue weighted by Crippen LogP contribution is 2.35. The summed E-state index contributed by atoms with van der Waals surface area (Å²) in [6.45, 7) is 0. The highest BCUT2D eigenvalue weighted by atomic mass is 32.2. The van der Waals surface area contributed by atoms with E-state index in [-0.39, 0.29) is 4.90 Å². The van der Waals surface area contributed by atoms with Crippen LogP contribution in [0.15, 0.2) is 29.2 Å². The number of sulfone groups is 1. The first-order valence-corrected chi connectivity index (χ1v) is 8.42. The van der Waals surface area contributed by atoms with Gasteiger partial charge in [0.1, 0.15) is 10.6 Å². The van der Waals surface area contributed by atoms with Crippen LogP contribution < -0.4 is 4.74 Å². The second-order valence-electron chi connectivity index (χ2n) is 5.11. The second-order valence-corrected chi connectivity index (χ2v) is 7.24. The fourth-order valence-corrected chi connectivity index (χ4v) is 4.94. The molecule has 1 saturated carbocycles. The van der Waals surface area contributed by atoms with Gasteiger partial charge in [0, 0.05) is 0 Å². The molecular weight excluding hydrogens is 274 g/mol. The first-order valence-electron chi connectivity index (χ1n) is 6.87. The summed E-state index contributed by atoms with van der Waals surface area (Å²) in [5.41, 5.74) is 0. The SMILES string of the molecule is COc1ccccc1S(=O)(=O)C1CCCCCC1C#N. The van der Waals surface area contributed by atoms with Gasteiger partial charge in [0.2, 0.25) is 0 Å². The van der Waals surface area contributed by atoms with Gasteiger partial charge in [-0.2, -0.15) is 5.26 Å². The maximum atomic E-state index is 12.9. The first kappa shape index (κ1) is 14.9. The van der Waals surface area contributed by atoms with Crippen molar-refractivity contribution in [3.05, 3.63) is 24.3 Å². The molecule has 0 N–H and O–H groups in total. The maximum absolute atomic E-state index is 12.9. The van der Waals surface area contributed by atoms with Crippen LogP contribution in [0.2, 0.25) is 0 Å². The number of ether oxygens (including phenoxy) is 1. The molecular formula is C15H19NO3S. The Morgan fingerprint density at radius 3 is 2.60 bits per heavy atom. The molecule has 20 heavy (non-hydrogen) atoms. The molecule has 0 amide bonds. The van der Waals surface area contributed by atoms with E-state index in [4.69, 9.17) is 4.74 Å². The van der Waals surface area contributed by atoms with Gasteiger partial charge in [-0.1, -0.05) is 31.4 Å². The lowest BCUT2D eigenvalue weighted by molar-refractivity contribution is 0.401. The summed E-state index contributed by atoms with van der Waals surface area (Å²) in [5, 5.41) is 8.66. The minimum absolute atomic E-state index is 0.203.